The maximum Gasteiger partial charge on any atom is 0.244 e. The highest BCUT2D eigenvalue weighted by atomic mass is 32.2. The number of nitrogens with zero attached hydrogens (tertiary/aromatic N) is 2. The van der Waals surface area contributed by atoms with E-state index in [2.05, 4.69) is 0 Å². The second-order valence-corrected chi connectivity index (χ2v) is 6.12. The highest BCUT2D eigenvalue weighted by Crippen LogP contribution is 2.24. The molecule has 1 aromatic rings. The van der Waals surface area contributed by atoms with E-state index in [4.69, 9.17) is 10.00 Å². The lowest BCUT2D eigenvalue weighted by Crippen LogP contribution is -2.47. The van der Waals surface area contributed by atoms with Crippen LogP contribution in [0.4, 0.5) is 4.39 Å². The van der Waals surface area contributed by atoms with Gasteiger partial charge in [-0.1, -0.05) is 6.07 Å². The third kappa shape index (κ3) is 2.47. The first kappa shape index (κ1) is 13.9. The minimum atomic E-state index is -3.89. The average Bonchev–Trinajstić information content (AvgIpc) is 2.38. The molecule has 1 atom stereocenters. The number of ether oxygens (including phenoxy) is 1. The van der Waals surface area contributed by atoms with Gasteiger partial charge in [0.1, 0.15) is 22.3 Å². The van der Waals surface area contributed by atoms with Crippen LogP contribution in [-0.2, 0) is 14.8 Å². The molecular weight excluding hydrogens is 271 g/mol. The van der Waals surface area contributed by atoms with Crippen molar-refractivity contribution in [3.05, 3.63) is 29.6 Å². The van der Waals surface area contributed by atoms with E-state index in [-0.39, 0.29) is 24.1 Å². The summed E-state index contributed by atoms with van der Waals surface area (Å²) in [5, 5.41) is 8.93. The molecule has 5 nitrogen and oxygen atoms in total. The largest absolute Gasteiger partial charge is 0.378 e. The summed E-state index contributed by atoms with van der Waals surface area (Å²) in [6.45, 7) is 2.49. The van der Waals surface area contributed by atoms with E-state index in [0.29, 0.717) is 6.61 Å². The van der Waals surface area contributed by atoms with Crippen LogP contribution in [0.2, 0.25) is 0 Å². The Labute approximate surface area is 111 Å². The fourth-order valence-corrected chi connectivity index (χ4v) is 3.78. The summed E-state index contributed by atoms with van der Waals surface area (Å²) in [5.74, 6) is -0.829. The summed E-state index contributed by atoms with van der Waals surface area (Å²) in [4.78, 5) is -0.288. The van der Waals surface area contributed by atoms with Crippen molar-refractivity contribution in [2.45, 2.75) is 17.9 Å². The van der Waals surface area contributed by atoms with Gasteiger partial charge in [-0.3, -0.25) is 0 Å². The second-order valence-electron chi connectivity index (χ2n) is 4.26. The van der Waals surface area contributed by atoms with Crippen LogP contribution in [0, 0.1) is 17.1 Å². The summed E-state index contributed by atoms with van der Waals surface area (Å²) in [6, 6.07) is 4.88. The molecule has 1 heterocycles. The zero-order chi connectivity index (χ0) is 14.0. The smallest absolute Gasteiger partial charge is 0.244 e. The average molecular weight is 284 g/mol. The van der Waals surface area contributed by atoms with Crippen LogP contribution in [0.15, 0.2) is 23.1 Å². The lowest BCUT2D eigenvalue weighted by molar-refractivity contribution is 0.0392. The van der Waals surface area contributed by atoms with Crippen molar-refractivity contribution in [2.24, 2.45) is 0 Å². The van der Waals surface area contributed by atoms with Gasteiger partial charge >= 0.3 is 0 Å². The standard InChI is InChI=1S/C12H13FN2O3S/c1-9-8-18-6-5-15(9)19(16,17)12-4-2-3-11(13)10(12)7-14/h2-4,9H,5-6,8H2,1H3/t9-/m1/s1. The molecule has 0 aromatic heterocycles. The fraction of sp³-hybridized carbons (Fsp3) is 0.417. The summed E-state index contributed by atoms with van der Waals surface area (Å²) in [5.41, 5.74) is -0.443. The Hall–Kier alpha value is -1.49. The lowest BCUT2D eigenvalue weighted by Gasteiger charge is -2.32. The van der Waals surface area contributed by atoms with Crippen molar-refractivity contribution in [3.63, 3.8) is 0 Å². The number of sulfonamides is 1. The number of benzene rings is 1. The molecule has 0 saturated carbocycles. The van der Waals surface area contributed by atoms with Gasteiger partial charge in [0.25, 0.3) is 0 Å². The minimum absolute atomic E-state index is 0.199. The number of rotatable bonds is 2. The van der Waals surface area contributed by atoms with Crippen molar-refractivity contribution in [1.29, 1.82) is 5.26 Å². The van der Waals surface area contributed by atoms with Gasteiger partial charge in [0.2, 0.25) is 10.0 Å². The topological polar surface area (TPSA) is 70.4 Å². The molecule has 2 rings (SSSR count). The van der Waals surface area contributed by atoms with Crippen LogP contribution < -0.4 is 0 Å². The molecule has 0 amide bonds. The summed E-state index contributed by atoms with van der Waals surface area (Å²) in [7, 11) is -3.89. The van der Waals surface area contributed by atoms with Crippen LogP contribution >= 0.6 is 0 Å². The van der Waals surface area contributed by atoms with Crippen LogP contribution in [0.1, 0.15) is 12.5 Å². The summed E-state index contributed by atoms with van der Waals surface area (Å²) in [6.07, 6.45) is 0. The molecule has 1 aromatic carbocycles. The molecule has 19 heavy (non-hydrogen) atoms. The Morgan fingerprint density at radius 3 is 2.89 bits per heavy atom. The molecule has 0 bridgehead atoms. The van der Waals surface area contributed by atoms with Crippen molar-refractivity contribution >= 4 is 10.0 Å². The van der Waals surface area contributed by atoms with Crippen LogP contribution in [0.5, 0.6) is 0 Å². The van der Waals surface area contributed by atoms with Gasteiger partial charge in [-0.2, -0.15) is 9.57 Å². The monoisotopic (exact) mass is 284 g/mol. The van der Waals surface area contributed by atoms with Gasteiger partial charge in [0.15, 0.2) is 0 Å². The first-order valence-electron chi connectivity index (χ1n) is 5.76. The number of hydrogen-bond acceptors (Lipinski definition) is 4. The van der Waals surface area contributed by atoms with E-state index in [1.807, 2.05) is 0 Å². The first-order valence-corrected chi connectivity index (χ1v) is 7.20. The maximum atomic E-state index is 13.5. The molecule has 0 N–H and O–H groups in total. The van der Waals surface area contributed by atoms with Gasteiger partial charge in [0, 0.05) is 12.6 Å². The zero-order valence-electron chi connectivity index (χ0n) is 10.3. The molecule has 1 saturated heterocycles. The van der Waals surface area contributed by atoms with Crippen LogP contribution in [-0.4, -0.2) is 38.5 Å². The molecule has 1 aliphatic heterocycles. The Kier molecular flexibility index (Phi) is 3.85. The predicted octanol–water partition coefficient (Wildman–Crippen LogP) is 1.11. The number of nitriles is 1. The maximum absolute atomic E-state index is 13.5. The SMILES string of the molecule is C[C@@H]1COCCN1S(=O)(=O)c1cccc(F)c1C#N. The first-order chi connectivity index (χ1) is 8.98. The fourth-order valence-electron chi connectivity index (χ4n) is 2.02. The van der Waals surface area contributed by atoms with Crippen LogP contribution in [0.3, 0.4) is 0 Å². The molecule has 0 unspecified atom stereocenters. The Balaban J connectivity index is 2.51. The predicted molar refractivity (Wildman–Crippen MR) is 65.3 cm³/mol. The van der Waals surface area contributed by atoms with Crippen molar-refractivity contribution in [1.82, 2.24) is 4.31 Å². The van der Waals surface area contributed by atoms with E-state index in [1.165, 1.54) is 16.4 Å². The van der Waals surface area contributed by atoms with Crippen molar-refractivity contribution in [3.8, 4) is 6.07 Å². The molecule has 102 valence electrons. The van der Waals surface area contributed by atoms with E-state index >= 15 is 0 Å². The van der Waals surface area contributed by atoms with Gasteiger partial charge in [-0.15, -0.1) is 0 Å². The Morgan fingerprint density at radius 1 is 1.53 bits per heavy atom. The zero-order valence-corrected chi connectivity index (χ0v) is 11.2. The number of hydrogen-bond donors (Lipinski definition) is 0. The normalized spacial score (nSPS) is 21.0. The molecule has 0 radical (unpaired) electrons. The highest BCUT2D eigenvalue weighted by molar-refractivity contribution is 7.89. The van der Waals surface area contributed by atoms with Gasteiger partial charge < -0.3 is 4.74 Å². The molecule has 1 fully saturated rings. The summed E-state index contributed by atoms with van der Waals surface area (Å²) >= 11 is 0. The van der Waals surface area contributed by atoms with Crippen molar-refractivity contribution < 1.29 is 17.5 Å². The summed E-state index contributed by atoms with van der Waals surface area (Å²) < 4.78 is 44.9. The van der Waals surface area contributed by atoms with E-state index in [0.717, 1.165) is 6.07 Å². The molecule has 7 heteroatoms. The van der Waals surface area contributed by atoms with Crippen LogP contribution in [0.25, 0.3) is 0 Å². The quantitative estimate of drug-likeness (QED) is 0.815. The van der Waals surface area contributed by atoms with Gasteiger partial charge in [-0.25, -0.2) is 12.8 Å². The van der Waals surface area contributed by atoms with E-state index in [1.54, 1.807) is 13.0 Å². The van der Waals surface area contributed by atoms with Gasteiger partial charge in [-0.05, 0) is 19.1 Å². The van der Waals surface area contributed by atoms with E-state index < -0.39 is 21.4 Å². The van der Waals surface area contributed by atoms with Crippen molar-refractivity contribution in [2.75, 3.05) is 19.8 Å². The Morgan fingerprint density at radius 2 is 2.26 bits per heavy atom. The molecule has 0 aliphatic carbocycles. The van der Waals surface area contributed by atoms with E-state index in [9.17, 15) is 12.8 Å². The molecule has 0 spiro atoms. The number of halogens is 1. The second kappa shape index (κ2) is 5.25. The molecule has 1 aliphatic rings. The third-order valence-corrected chi connectivity index (χ3v) is 5.04. The third-order valence-electron chi connectivity index (χ3n) is 2.98. The lowest BCUT2D eigenvalue weighted by atomic mass is 10.2. The molecular formula is C12H13FN2O3S. The Bertz CT molecular complexity index is 624. The highest BCUT2D eigenvalue weighted by Gasteiger charge is 2.33. The number of morpholine rings is 1. The minimum Gasteiger partial charge on any atom is -0.378 e. The van der Waals surface area contributed by atoms with Gasteiger partial charge in [0.05, 0.1) is 13.2 Å².